The van der Waals surface area contributed by atoms with Crippen LogP contribution >= 0.6 is 11.3 Å². The number of aromatic nitrogens is 2. The van der Waals surface area contributed by atoms with Crippen molar-refractivity contribution < 1.29 is 18.3 Å². The van der Waals surface area contributed by atoms with Crippen molar-refractivity contribution >= 4 is 23.4 Å². The maximum absolute atomic E-state index is 13.5. The summed E-state index contributed by atoms with van der Waals surface area (Å²) < 4.78 is 33.7. The van der Waals surface area contributed by atoms with E-state index in [1.54, 1.807) is 12.3 Å². The molecule has 0 aliphatic rings. The fraction of sp³-hybridized carbons (Fsp3) is 0.158. The van der Waals surface area contributed by atoms with Crippen LogP contribution in [0.1, 0.15) is 22.5 Å². The number of halogens is 2. The third-order valence-corrected chi connectivity index (χ3v) is 4.64. The normalized spacial score (nSPS) is 11.2. The van der Waals surface area contributed by atoms with Crippen LogP contribution in [0.5, 0.6) is 0 Å². The first kappa shape index (κ1) is 18.0. The number of rotatable bonds is 5. The van der Waals surface area contributed by atoms with Crippen molar-refractivity contribution in [3.05, 3.63) is 76.1 Å². The van der Waals surface area contributed by atoms with Crippen LogP contribution in [0.25, 0.3) is 11.2 Å². The largest absolute Gasteiger partial charge is 0.458 e. The zero-order valence-corrected chi connectivity index (χ0v) is 15.0. The topological polar surface area (TPSA) is 44.1 Å². The Labute approximate surface area is 153 Å². The first-order chi connectivity index (χ1) is 12.5. The zero-order chi connectivity index (χ0) is 18.7. The van der Waals surface area contributed by atoms with E-state index in [9.17, 15) is 13.6 Å². The van der Waals surface area contributed by atoms with Crippen LogP contribution in [-0.4, -0.2) is 15.5 Å². The summed E-state index contributed by atoms with van der Waals surface area (Å²) in [5, 5.41) is 2.75. The molecule has 7 heteroatoms. The number of carbonyl (C=O) groups excluding carboxylic acids is 1. The second kappa shape index (κ2) is 7.61. The molecule has 0 amide bonds. The molecule has 0 bridgehead atoms. The molecular weight excluding hydrogens is 358 g/mol. The molecule has 3 aromatic rings. The van der Waals surface area contributed by atoms with Crippen molar-refractivity contribution in [1.82, 2.24) is 9.55 Å². The minimum Gasteiger partial charge on any atom is -0.458 e. The minimum absolute atomic E-state index is 0.00584. The fourth-order valence-corrected chi connectivity index (χ4v) is 3.34. The van der Waals surface area contributed by atoms with Crippen molar-refractivity contribution in [2.45, 2.75) is 20.5 Å². The summed E-state index contributed by atoms with van der Waals surface area (Å²) in [6.07, 6.45) is 4.64. The summed E-state index contributed by atoms with van der Waals surface area (Å²) >= 11 is 1.52. The molecule has 0 atom stereocenters. The Morgan fingerprint density at radius 1 is 1.35 bits per heavy atom. The number of hydrogen-bond acceptors (Lipinski definition) is 4. The number of ether oxygens (including phenoxy) is 1. The molecule has 0 N–H and O–H groups in total. The van der Waals surface area contributed by atoms with Gasteiger partial charge in [0, 0.05) is 34.6 Å². The van der Waals surface area contributed by atoms with Gasteiger partial charge in [-0.1, -0.05) is 12.1 Å². The molecule has 0 spiro atoms. The van der Waals surface area contributed by atoms with Gasteiger partial charge in [-0.2, -0.15) is 0 Å². The lowest BCUT2D eigenvalue weighted by molar-refractivity contribution is -0.139. The number of carbonyl (C=O) groups is 1. The van der Waals surface area contributed by atoms with E-state index >= 15 is 0 Å². The second-order valence-electron chi connectivity index (χ2n) is 5.63. The van der Waals surface area contributed by atoms with Gasteiger partial charge in [-0.25, -0.2) is 18.6 Å². The second-order valence-corrected chi connectivity index (χ2v) is 6.50. The standard InChI is InChI=1S/C19H16F2N2O2S/c1-12-10-14(13(2)23(12)19-22-8-9-26-19)6-7-17(24)25-11-15-4-3-5-16(20)18(15)21/h3-10H,11H2,1-2H3. The highest BCUT2D eigenvalue weighted by Gasteiger charge is 2.12. The van der Waals surface area contributed by atoms with Crippen LogP contribution in [-0.2, 0) is 16.1 Å². The SMILES string of the molecule is Cc1cc(C=CC(=O)OCc2cccc(F)c2F)c(C)n1-c1nccs1. The third-order valence-electron chi connectivity index (χ3n) is 3.88. The van der Waals surface area contributed by atoms with E-state index in [0.717, 1.165) is 28.1 Å². The van der Waals surface area contributed by atoms with Gasteiger partial charge < -0.3 is 4.74 Å². The van der Waals surface area contributed by atoms with Gasteiger partial charge in [-0.15, -0.1) is 11.3 Å². The van der Waals surface area contributed by atoms with Gasteiger partial charge >= 0.3 is 5.97 Å². The summed E-state index contributed by atoms with van der Waals surface area (Å²) in [5.41, 5.74) is 2.78. The van der Waals surface area contributed by atoms with Gasteiger partial charge in [-0.3, -0.25) is 4.57 Å². The summed E-state index contributed by atoms with van der Waals surface area (Å²) in [5.74, 6) is -2.60. The molecule has 134 valence electrons. The molecule has 1 aromatic carbocycles. The number of nitrogens with zero attached hydrogens (tertiary/aromatic N) is 2. The Kier molecular flexibility index (Phi) is 5.27. The Balaban J connectivity index is 1.69. The van der Waals surface area contributed by atoms with Crippen LogP contribution < -0.4 is 0 Å². The Morgan fingerprint density at radius 2 is 2.15 bits per heavy atom. The van der Waals surface area contributed by atoms with Gasteiger partial charge in [-0.05, 0) is 37.6 Å². The molecule has 0 unspecified atom stereocenters. The molecular formula is C19H16F2N2O2S. The molecule has 0 saturated carbocycles. The van der Waals surface area contributed by atoms with Crippen LogP contribution in [0.3, 0.4) is 0 Å². The number of esters is 1. The molecule has 2 aromatic heterocycles. The molecule has 26 heavy (non-hydrogen) atoms. The molecule has 0 fully saturated rings. The number of aryl methyl sites for hydroxylation is 1. The van der Waals surface area contributed by atoms with Crippen molar-refractivity contribution in [3.8, 4) is 5.13 Å². The first-order valence-electron chi connectivity index (χ1n) is 7.84. The van der Waals surface area contributed by atoms with Crippen LogP contribution in [0.4, 0.5) is 8.78 Å². The summed E-state index contributed by atoms with van der Waals surface area (Å²) in [7, 11) is 0. The lowest BCUT2D eigenvalue weighted by Crippen LogP contribution is -2.03. The fourth-order valence-electron chi connectivity index (χ4n) is 2.59. The van der Waals surface area contributed by atoms with E-state index in [4.69, 9.17) is 4.74 Å². The van der Waals surface area contributed by atoms with E-state index < -0.39 is 17.6 Å². The highest BCUT2D eigenvalue weighted by molar-refractivity contribution is 7.12. The summed E-state index contributed by atoms with van der Waals surface area (Å²) in [6, 6.07) is 5.69. The maximum Gasteiger partial charge on any atom is 0.331 e. The predicted molar refractivity (Wildman–Crippen MR) is 96.1 cm³/mol. The summed E-state index contributed by atoms with van der Waals surface area (Å²) in [6.45, 7) is 3.56. The molecule has 2 heterocycles. The lowest BCUT2D eigenvalue weighted by atomic mass is 10.2. The van der Waals surface area contributed by atoms with Gasteiger partial charge in [0.1, 0.15) is 6.61 Å². The van der Waals surface area contributed by atoms with Gasteiger partial charge in [0.2, 0.25) is 0 Å². The zero-order valence-electron chi connectivity index (χ0n) is 14.2. The molecule has 0 aliphatic heterocycles. The highest BCUT2D eigenvalue weighted by Crippen LogP contribution is 2.23. The third kappa shape index (κ3) is 3.72. The van der Waals surface area contributed by atoms with Gasteiger partial charge in [0.15, 0.2) is 16.8 Å². The van der Waals surface area contributed by atoms with E-state index in [0.29, 0.717) is 0 Å². The molecule has 0 aliphatic carbocycles. The Bertz CT molecular complexity index is 962. The lowest BCUT2D eigenvalue weighted by Gasteiger charge is -2.05. The maximum atomic E-state index is 13.5. The van der Waals surface area contributed by atoms with E-state index in [-0.39, 0.29) is 12.2 Å². The van der Waals surface area contributed by atoms with Crippen LogP contribution in [0.2, 0.25) is 0 Å². The minimum atomic E-state index is -1.00. The van der Waals surface area contributed by atoms with Gasteiger partial charge in [0.25, 0.3) is 0 Å². The first-order valence-corrected chi connectivity index (χ1v) is 8.72. The molecule has 3 rings (SSSR count). The summed E-state index contributed by atoms with van der Waals surface area (Å²) in [4.78, 5) is 16.2. The van der Waals surface area contributed by atoms with E-state index in [2.05, 4.69) is 4.98 Å². The predicted octanol–water partition coefficient (Wildman–Crippen LogP) is 4.59. The number of thiazole rings is 1. The molecule has 4 nitrogen and oxygen atoms in total. The van der Waals surface area contributed by atoms with Crippen LogP contribution in [0, 0.1) is 25.5 Å². The van der Waals surface area contributed by atoms with E-state index in [1.165, 1.54) is 29.5 Å². The number of benzene rings is 1. The van der Waals surface area contributed by atoms with E-state index in [1.807, 2.05) is 29.9 Å². The number of hydrogen-bond donors (Lipinski definition) is 0. The van der Waals surface area contributed by atoms with Gasteiger partial charge in [0.05, 0.1) is 0 Å². The smallest absolute Gasteiger partial charge is 0.331 e. The van der Waals surface area contributed by atoms with Crippen LogP contribution in [0.15, 0.2) is 41.9 Å². The monoisotopic (exact) mass is 374 g/mol. The van der Waals surface area contributed by atoms with Crippen molar-refractivity contribution in [1.29, 1.82) is 0 Å². The van der Waals surface area contributed by atoms with Crippen molar-refractivity contribution in [2.75, 3.05) is 0 Å². The highest BCUT2D eigenvalue weighted by atomic mass is 32.1. The average Bonchev–Trinajstić information content (AvgIpc) is 3.22. The van der Waals surface area contributed by atoms with Crippen molar-refractivity contribution in [3.63, 3.8) is 0 Å². The average molecular weight is 374 g/mol. The van der Waals surface area contributed by atoms with Crippen molar-refractivity contribution in [2.24, 2.45) is 0 Å². The Hall–Kier alpha value is -2.80. The Morgan fingerprint density at radius 3 is 2.88 bits per heavy atom. The molecule has 0 saturated heterocycles. The molecule has 0 radical (unpaired) electrons. The quantitative estimate of drug-likeness (QED) is 0.485.